The number of aryl methyl sites for hydroxylation is 3. The van der Waals surface area contributed by atoms with E-state index in [4.69, 9.17) is 9.47 Å². The number of benzene rings is 2. The summed E-state index contributed by atoms with van der Waals surface area (Å²) in [5.41, 5.74) is 5.00. The van der Waals surface area contributed by atoms with Crippen LogP contribution in [-0.4, -0.2) is 20.1 Å². The normalized spacial score (nSPS) is 10.3. The molecule has 0 unspecified atom stereocenters. The number of hydrogen-bond donors (Lipinski definition) is 1. The van der Waals surface area contributed by atoms with Gasteiger partial charge in [-0.3, -0.25) is 4.79 Å². The lowest BCUT2D eigenvalue weighted by molar-refractivity contribution is -0.115. The van der Waals surface area contributed by atoms with Gasteiger partial charge in [0.1, 0.15) is 0 Å². The largest absolute Gasteiger partial charge is 0.493 e. The van der Waals surface area contributed by atoms with E-state index in [1.54, 1.807) is 14.2 Å². The third-order valence-electron chi connectivity index (χ3n) is 3.85. The molecule has 0 fully saturated rings. The highest BCUT2D eigenvalue weighted by atomic mass is 16.5. The predicted molar refractivity (Wildman–Crippen MR) is 92.5 cm³/mol. The number of rotatable bonds is 5. The fraction of sp³-hybridized carbons (Fsp3) is 0.316. The Morgan fingerprint density at radius 1 is 0.957 bits per heavy atom. The van der Waals surface area contributed by atoms with Gasteiger partial charge in [-0.25, -0.2) is 0 Å². The van der Waals surface area contributed by atoms with E-state index in [1.807, 2.05) is 45.0 Å². The lowest BCUT2D eigenvalue weighted by Gasteiger charge is -2.13. The molecule has 0 aliphatic heterocycles. The summed E-state index contributed by atoms with van der Waals surface area (Å²) in [5, 5.41) is 2.97. The van der Waals surface area contributed by atoms with Gasteiger partial charge in [0, 0.05) is 5.69 Å². The zero-order valence-electron chi connectivity index (χ0n) is 14.3. The van der Waals surface area contributed by atoms with Crippen molar-refractivity contribution in [3.63, 3.8) is 0 Å². The maximum atomic E-state index is 12.3. The summed E-state index contributed by atoms with van der Waals surface area (Å²) in [6, 6.07) is 9.72. The van der Waals surface area contributed by atoms with E-state index in [0.29, 0.717) is 17.9 Å². The highest BCUT2D eigenvalue weighted by Gasteiger charge is 2.12. The van der Waals surface area contributed by atoms with Crippen LogP contribution in [0.5, 0.6) is 11.5 Å². The van der Waals surface area contributed by atoms with Crippen LogP contribution in [0, 0.1) is 20.8 Å². The molecule has 1 N–H and O–H groups in total. The molecule has 4 heteroatoms. The highest BCUT2D eigenvalue weighted by Crippen LogP contribution is 2.30. The van der Waals surface area contributed by atoms with Crippen molar-refractivity contribution in [2.24, 2.45) is 0 Å². The SMILES string of the molecule is COc1cc(C)c(CC(=O)Nc2ccc(C)cc2C)cc1OC. The fourth-order valence-corrected chi connectivity index (χ4v) is 2.53. The first-order valence-corrected chi connectivity index (χ1v) is 7.53. The molecule has 4 nitrogen and oxygen atoms in total. The van der Waals surface area contributed by atoms with E-state index < -0.39 is 0 Å². The smallest absolute Gasteiger partial charge is 0.228 e. The van der Waals surface area contributed by atoms with Gasteiger partial charge in [0.25, 0.3) is 0 Å². The zero-order valence-corrected chi connectivity index (χ0v) is 14.3. The molecule has 0 spiro atoms. The van der Waals surface area contributed by atoms with Crippen LogP contribution >= 0.6 is 0 Å². The molecule has 0 saturated heterocycles. The zero-order chi connectivity index (χ0) is 17.0. The van der Waals surface area contributed by atoms with Crippen LogP contribution in [0.15, 0.2) is 30.3 Å². The van der Waals surface area contributed by atoms with Gasteiger partial charge >= 0.3 is 0 Å². The van der Waals surface area contributed by atoms with E-state index in [9.17, 15) is 4.79 Å². The number of methoxy groups -OCH3 is 2. The van der Waals surface area contributed by atoms with Crippen molar-refractivity contribution >= 4 is 11.6 Å². The molecular weight excluding hydrogens is 290 g/mol. The lowest BCUT2D eigenvalue weighted by atomic mass is 10.0. The van der Waals surface area contributed by atoms with Crippen LogP contribution in [0.2, 0.25) is 0 Å². The van der Waals surface area contributed by atoms with E-state index in [2.05, 4.69) is 11.4 Å². The molecule has 0 radical (unpaired) electrons. The number of amides is 1. The van der Waals surface area contributed by atoms with Crippen LogP contribution in [0.1, 0.15) is 22.3 Å². The van der Waals surface area contributed by atoms with Gasteiger partial charge in [-0.15, -0.1) is 0 Å². The van der Waals surface area contributed by atoms with Crippen molar-refractivity contribution in [3.05, 3.63) is 52.6 Å². The summed E-state index contributed by atoms with van der Waals surface area (Å²) in [7, 11) is 3.19. The molecule has 0 aliphatic rings. The quantitative estimate of drug-likeness (QED) is 0.913. The summed E-state index contributed by atoms with van der Waals surface area (Å²) in [5.74, 6) is 1.25. The molecule has 122 valence electrons. The first-order chi connectivity index (χ1) is 10.9. The molecule has 2 aromatic rings. The Hall–Kier alpha value is -2.49. The molecule has 0 atom stereocenters. The van der Waals surface area contributed by atoms with Crippen molar-refractivity contribution in [3.8, 4) is 11.5 Å². The third kappa shape index (κ3) is 4.03. The minimum Gasteiger partial charge on any atom is -0.493 e. The molecule has 2 aromatic carbocycles. The third-order valence-corrected chi connectivity index (χ3v) is 3.85. The second kappa shape index (κ2) is 7.18. The van der Waals surface area contributed by atoms with Crippen LogP contribution in [-0.2, 0) is 11.2 Å². The second-order valence-electron chi connectivity index (χ2n) is 5.68. The molecule has 0 aliphatic carbocycles. The van der Waals surface area contributed by atoms with Crippen LogP contribution in [0.3, 0.4) is 0 Å². The van der Waals surface area contributed by atoms with Gasteiger partial charge in [-0.2, -0.15) is 0 Å². The minimum absolute atomic E-state index is 0.0488. The van der Waals surface area contributed by atoms with Crippen molar-refractivity contribution in [1.29, 1.82) is 0 Å². The van der Waals surface area contributed by atoms with Crippen LogP contribution < -0.4 is 14.8 Å². The van der Waals surface area contributed by atoms with Gasteiger partial charge in [0.05, 0.1) is 20.6 Å². The fourth-order valence-electron chi connectivity index (χ4n) is 2.53. The Kier molecular flexibility index (Phi) is 5.27. The Labute approximate surface area is 137 Å². The summed E-state index contributed by atoms with van der Waals surface area (Å²) < 4.78 is 10.6. The molecule has 0 heterocycles. The number of carbonyl (C=O) groups excluding carboxylic acids is 1. The topological polar surface area (TPSA) is 47.6 Å². The Morgan fingerprint density at radius 2 is 1.61 bits per heavy atom. The maximum Gasteiger partial charge on any atom is 0.228 e. The Bertz CT molecular complexity index is 723. The van der Waals surface area contributed by atoms with Crippen molar-refractivity contribution in [2.45, 2.75) is 27.2 Å². The van der Waals surface area contributed by atoms with Crippen molar-refractivity contribution in [2.75, 3.05) is 19.5 Å². The van der Waals surface area contributed by atoms with E-state index in [-0.39, 0.29) is 5.91 Å². The number of anilines is 1. The van der Waals surface area contributed by atoms with Gasteiger partial charge in [-0.1, -0.05) is 17.7 Å². The van der Waals surface area contributed by atoms with Crippen molar-refractivity contribution in [1.82, 2.24) is 0 Å². The highest BCUT2D eigenvalue weighted by molar-refractivity contribution is 5.93. The first kappa shape index (κ1) is 16.9. The molecule has 0 bridgehead atoms. The molecule has 2 rings (SSSR count). The molecule has 1 amide bonds. The number of nitrogens with one attached hydrogen (secondary N) is 1. The van der Waals surface area contributed by atoms with Gasteiger partial charge in [-0.05, 0) is 55.7 Å². The lowest BCUT2D eigenvalue weighted by Crippen LogP contribution is -2.16. The van der Waals surface area contributed by atoms with Gasteiger partial charge < -0.3 is 14.8 Å². The monoisotopic (exact) mass is 313 g/mol. The van der Waals surface area contributed by atoms with Crippen LogP contribution in [0.25, 0.3) is 0 Å². The van der Waals surface area contributed by atoms with Crippen molar-refractivity contribution < 1.29 is 14.3 Å². The second-order valence-corrected chi connectivity index (χ2v) is 5.68. The molecule has 0 aromatic heterocycles. The van der Waals surface area contributed by atoms with Gasteiger partial charge in [0.15, 0.2) is 11.5 Å². The Balaban J connectivity index is 2.17. The minimum atomic E-state index is -0.0488. The van der Waals surface area contributed by atoms with Crippen LogP contribution in [0.4, 0.5) is 5.69 Å². The van der Waals surface area contributed by atoms with Gasteiger partial charge in [0.2, 0.25) is 5.91 Å². The summed E-state index contributed by atoms with van der Waals surface area (Å²) in [6.07, 6.45) is 0.291. The molecule has 23 heavy (non-hydrogen) atoms. The summed E-state index contributed by atoms with van der Waals surface area (Å²) >= 11 is 0. The molecule has 0 saturated carbocycles. The Morgan fingerprint density at radius 3 is 2.22 bits per heavy atom. The van der Waals surface area contributed by atoms with E-state index in [0.717, 1.165) is 22.4 Å². The maximum absolute atomic E-state index is 12.3. The van der Waals surface area contributed by atoms with E-state index >= 15 is 0 Å². The summed E-state index contributed by atoms with van der Waals surface area (Å²) in [6.45, 7) is 5.98. The number of carbonyl (C=O) groups is 1. The standard InChI is InChI=1S/C19H23NO3/c1-12-6-7-16(14(3)8-12)20-19(21)11-15-10-18(23-5)17(22-4)9-13(15)2/h6-10H,11H2,1-5H3,(H,20,21). The molecular formula is C19H23NO3. The summed E-state index contributed by atoms with van der Waals surface area (Å²) in [4.78, 5) is 12.3. The predicted octanol–water partition coefficient (Wildman–Crippen LogP) is 3.81. The number of hydrogen-bond acceptors (Lipinski definition) is 3. The number of ether oxygens (including phenoxy) is 2. The average Bonchev–Trinajstić information content (AvgIpc) is 2.51. The van der Waals surface area contributed by atoms with E-state index in [1.165, 1.54) is 5.56 Å². The average molecular weight is 313 g/mol. The first-order valence-electron chi connectivity index (χ1n) is 7.53.